The van der Waals surface area contributed by atoms with Gasteiger partial charge in [-0.1, -0.05) is 52.4 Å². The zero-order chi connectivity index (χ0) is 25.0. The Morgan fingerprint density at radius 1 is 0.559 bits per heavy atom. The van der Waals surface area contributed by atoms with Gasteiger partial charge in [0.2, 0.25) is 11.8 Å². The summed E-state index contributed by atoms with van der Waals surface area (Å²) in [7, 11) is 0. The molecule has 0 aromatic heterocycles. The smallest absolute Gasteiger partial charge is 0.305 e. The van der Waals surface area contributed by atoms with Crippen molar-refractivity contribution >= 4 is 23.8 Å². The van der Waals surface area contributed by atoms with E-state index in [9.17, 15) is 19.2 Å². The zero-order valence-electron chi connectivity index (χ0n) is 21.3. The van der Waals surface area contributed by atoms with Crippen molar-refractivity contribution in [2.45, 2.75) is 129 Å². The Morgan fingerprint density at radius 2 is 0.882 bits per heavy atom. The topological polar surface area (TPSA) is 111 Å². The molecule has 2 unspecified atom stereocenters. The molecule has 1 fully saturated rings. The van der Waals surface area contributed by atoms with Gasteiger partial charge in [-0.05, 0) is 38.5 Å². The van der Waals surface area contributed by atoms with Gasteiger partial charge < -0.3 is 20.1 Å². The van der Waals surface area contributed by atoms with Gasteiger partial charge in [0.1, 0.15) is 13.2 Å². The fraction of sp³-hybridized carbons (Fsp3) is 0.846. The fourth-order valence-corrected chi connectivity index (χ4v) is 3.82. The van der Waals surface area contributed by atoms with Crippen LogP contribution in [0.3, 0.4) is 0 Å². The van der Waals surface area contributed by atoms with Crippen molar-refractivity contribution in [2.24, 2.45) is 0 Å². The zero-order valence-corrected chi connectivity index (χ0v) is 21.3. The molecule has 2 amide bonds. The predicted octanol–water partition coefficient (Wildman–Crippen LogP) is 4.34. The Kier molecular flexibility index (Phi) is 16.9. The van der Waals surface area contributed by atoms with Gasteiger partial charge in [0.05, 0.1) is 12.1 Å². The van der Waals surface area contributed by atoms with Gasteiger partial charge in [-0.2, -0.15) is 0 Å². The molecule has 0 bridgehead atoms. The van der Waals surface area contributed by atoms with Crippen LogP contribution in [-0.4, -0.2) is 49.1 Å². The van der Waals surface area contributed by atoms with E-state index in [1.54, 1.807) is 0 Å². The van der Waals surface area contributed by atoms with Gasteiger partial charge in [0, 0.05) is 25.7 Å². The Bertz CT molecular complexity index is 558. The number of hydrogen-bond donors (Lipinski definition) is 2. The van der Waals surface area contributed by atoms with Crippen LogP contribution in [0, 0.1) is 0 Å². The number of hydrogen-bond acceptors (Lipinski definition) is 6. The molecular formula is C26H46N2O6. The second kappa shape index (κ2) is 19.2. The molecule has 1 saturated heterocycles. The first-order valence-electron chi connectivity index (χ1n) is 13.3. The number of nitrogens with one attached hydrogen (secondary N) is 2. The quantitative estimate of drug-likeness (QED) is 0.567. The summed E-state index contributed by atoms with van der Waals surface area (Å²) in [4.78, 5) is 48.3. The van der Waals surface area contributed by atoms with Gasteiger partial charge in [-0.15, -0.1) is 0 Å². The number of carbonyl (C=O) groups excluding carboxylic acids is 4. The summed E-state index contributed by atoms with van der Waals surface area (Å²) in [6.07, 6.45) is 11.8. The van der Waals surface area contributed by atoms with Crippen molar-refractivity contribution in [2.75, 3.05) is 13.2 Å². The number of cyclic esters (lactones) is 2. The normalized spacial score (nSPS) is 24.9. The maximum absolute atomic E-state index is 12.2. The van der Waals surface area contributed by atoms with Crippen LogP contribution in [0.2, 0.25) is 0 Å². The highest BCUT2D eigenvalue weighted by Crippen LogP contribution is 2.10. The molecule has 2 atom stereocenters. The monoisotopic (exact) mass is 482 g/mol. The Morgan fingerprint density at radius 3 is 1.24 bits per heavy atom. The fourth-order valence-electron chi connectivity index (χ4n) is 3.82. The number of rotatable bonds is 2. The van der Waals surface area contributed by atoms with Gasteiger partial charge in [-0.25, -0.2) is 0 Å². The Hall–Kier alpha value is -2.12. The second-order valence-corrected chi connectivity index (χ2v) is 9.25. The molecule has 2 N–H and O–H groups in total. The molecule has 0 aliphatic carbocycles. The number of ether oxygens (including phenoxy) is 2. The molecule has 8 heteroatoms. The van der Waals surface area contributed by atoms with Gasteiger partial charge in [-0.3, -0.25) is 19.2 Å². The van der Waals surface area contributed by atoms with E-state index in [4.69, 9.17) is 9.47 Å². The maximum Gasteiger partial charge on any atom is 0.305 e. The molecule has 196 valence electrons. The van der Waals surface area contributed by atoms with Crippen LogP contribution in [0.4, 0.5) is 0 Å². The van der Waals surface area contributed by atoms with Gasteiger partial charge in [0.15, 0.2) is 0 Å². The summed E-state index contributed by atoms with van der Waals surface area (Å²) in [5.74, 6) is -0.462. The third kappa shape index (κ3) is 15.7. The van der Waals surface area contributed by atoms with Gasteiger partial charge in [0.25, 0.3) is 0 Å². The molecule has 0 aromatic rings. The van der Waals surface area contributed by atoms with Crippen LogP contribution in [0.25, 0.3) is 0 Å². The van der Waals surface area contributed by atoms with Crippen molar-refractivity contribution in [1.29, 1.82) is 0 Å². The summed E-state index contributed by atoms with van der Waals surface area (Å²) in [5.41, 5.74) is 0. The van der Waals surface area contributed by atoms with Crippen molar-refractivity contribution < 1.29 is 28.7 Å². The lowest BCUT2D eigenvalue weighted by Gasteiger charge is -2.17. The standard InChI is InChI=1S/C26H46N2O6/c1-3-21-19-33-25(31)17-13-9-6-8-12-16-24(30)28-22(4-2)20-34-26(32)18-14-10-5-7-11-15-23(29)27-21/h21-22H,3-20H2,1-2H3,(H,27,29)(H,28,30). The third-order valence-electron chi connectivity index (χ3n) is 6.18. The minimum atomic E-state index is -0.222. The van der Waals surface area contributed by atoms with E-state index in [1.165, 1.54) is 0 Å². The summed E-state index contributed by atoms with van der Waals surface area (Å²) < 4.78 is 10.7. The largest absolute Gasteiger partial charge is 0.463 e. The van der Waals surface area contributed by atoms with E-state index in [2.05, 4.69) is 10.6 Å². The Balaban J connectivity index is 2.48. The van der Waals surface area contributed by atoms with E-state index in [1.807, 2.05) is 13.8 Å². The first kappa shape index (κ1) is 29.9. The van der Waals surface area contributed by atoms with Crippen molar-refractivity contribution in [3.63, 3.8) is 0 Å². The lowest BCUT2D eigenvalue weighted by atomic mass is 10.1. The predicted molar refractivity (Wildman–Crippen MR) is 131 cm³/mol. The third-order valence-corrected chi connectivity index (χ3v) is 6.18. The van der Waals surface area contributed by atoms with E-state index in [0.29, 0.717) is 38.5 Å². The summed E-state index contributed by atoms with van der Waals surface area (Å²) in [6.45, 7) is 4.35. The van der Waals surface area contributed by atoms with Gasteiger partial charge >= 0.3 is 11.9 Å². The summed E-state index contributed by atoms with van der Waals surface area (Å²) in [6, 6.07) is -0.307. The molecule has 0 aromatic carbocycles. The first-order chi connectivity index (χ1) is 16.4. The summed E-state index contributed by atoms with van der Waals surface area (Å²) in [5, 5.41) is 5.91. The van der Waals surface area contributed by atoms with E-state index in [-0.39, 0.29) is 49.1 Å². The molecule has 8 nitrogen and oxygen atoms in total. The second-order valence-electron chi connectivity index (χ2n) is 9.25. The molecule has 0 radical (unpaired) electrons. The minimum absolute atomic E-state index is 0.00881. The molecule has 34 heavy (non-hydrogen) atoms. The van der Waals surface area contributed by atoms with Crippen LogP contribution >= 0.6 is 0 Å². The van der Waals surface area contributed by atoms with Crippen LogP contribution in [0.5, 0.6) is 0 Å². The highest BCUT2D eigenvalue weighted by Gasteiger charge is 2.15. The lowest BCUT2D eigenvalue weighted by Crippen LogP contribution is -2.38. The molecule has 0 spiro atoms. The molecule has 1 aliphatic rings. The molecule has 1 heterocycles. The maximum atomic E-state index is 12.2. The first-order valence-corrected chi connectivity index (χ1v) is 13.3. The lowest BCUT2D eigenvalue weighted by molar-refractivity contribution is -0.145. The highest BCUT2D eigenvalue weighted by molar-refractivity contribution is 5.76. The minimum Gasteiger partial charge on any atom is -0.463 e. The average Bonchev–Trinajstić information content (AvgIpc) is 2.82. The van der Waals surface area contributed by atoms with Crippen LogP contribution in [-0.2, 0) is 28.7 Å². The summed E-state index contributed by atoms with van der Waals surface area (Å²) >= 11 is 0. The van der Waals surface area contributed by atoms with Crippen molar-refractivity contribution in [3.05, 3.63) is 0 Å². The molecule has 0 saturated carbocycles. The number of esters is 2. The van der Waals surface area contributed by atoms with Crippen LogP contribution in [0.15, 0.2) is 0 Å². The van der Waals surface area contributed by atoms with E-state index in [0.717, 1.165) is 64.2 Å². The van der Waals surface area contributed by atoms with Crippen molar-refractivity contribution in [1.82, 2.24) is 10.6 Å². The molecule has 1 aliphatic heterocycles. The molecular weight excluding hydrogens is 436 g/mol. The van der Waals surface area contributed by atoms with Crippen molar-refractivity contribution in [3.8, 4) is 0 Å². The number of amides is 2. The highest BCUT2D eigenvalue weighted by atomic mass is 16.5. The molecule has 1 rings (SSSR count). The Labute approximate surface area is 205 Å². The SMILES string of the molecule is CCC1COC(=O)CCCCCCCC(=O)NC(CC)COC(=O)CCCCCCCC(=O)N1. The van der Waals surface area contributed by atoms with E-state index < -0.39 is 0 Å². The van der Waals surface area contributed by atoms with Crippen LogP contribution < -0.4 is 10.6 Å². The average molecular weight is 483 g/mol. The number of carbonyl (C=O) groups is 4. The van der Waals surface area contributed by atoms with E-state index >= 15 is 0 Å². The van der Waals surface area contributed by atoms with Crippen LogP contribution in [0.1, 0.15) is 117 Å².